The number of hydroxylamine groups is 2. The minimum absolute atomic E-state index is 0.0746. The Hall–Kier alpha value is -1.72. The van der Waals surface area contributed by atoms with Gasteiger partial charge >= 0.3 is 5.97 Å². The van der Waals surface area contributed by atoms with Gasteiger partial charge in [0.2, 0.25) is 0 Å². The maximum atomic E-state index is 11.6. The Kier molecular flexibility index (Phi) is 4.37. The standard InChI is InChI=1S/C11H15NO5/c1-7(6-13)5-8(2)11(16)17-12-9(14)3-4-10(12)15/h6-8H,3-5H2,1-2H3. The first kappa shape index (κ1) is 13.3. The molecule has 1 fully saturated rings. The van der Waals surface area contributed by atoms with Crippen LogP contribution in [0, 0.1) is 11.8 Å². The van der Waals surface area contributed by atoms with Crippen LogP contribution in [0.3, 0.4) is 0 Å². The largest absolute Gasteiger partial charge is 0.335 e. The lowest BCUT2D eigenvalue weighted by Crippen LogP contribution is -2.34. The highest BCUT2D eigenvalue weighted by Crippen LogP contribution is 2.16. The summed E-state index contributed by atoms with van der Waals surface area (Å²) in [6.07, 6.45) is 1.23. The Morgan fingerprint density at radius 2 is 1.88 bits per heavy atom. The quantitative estimate of drug-likeness (QED) is 0.515. The molecular formula is C11H15NO5. The topological polar surface area (TPSA) is 80.8 Å². The van der Waals surface area contributed by atoms with Gasteiger partial charge in [0.15, 0.2) is 0 Å². The molecule has 17 heavy (non-hydrogen) atoms. The highest BCUT2D eigenvalue weighted by molar-refractivity contribution is 6.01. The number of hydrogen-bond acceptors (Lipinski definition) is 5. The fourth-order valence-corrected chi connectivity index (χ4v) is 1.55. The van der Waals surface area contributed by atoms with Gasteiger partial charge in [0.1, 0.15) is 6.29 Å². The highest BCUT2D eigenvalue weighted by atomic mass is 16.7. The molecule has 2 unspecified atom stereocenters. The SMILES string of the molecule is CC(C=O)CC(C)C(=O)ON1C(=O)CCC1=O. The smallest absolute Gasteiger partial charge is 0.330 e. The van der Waals surface area contributed by atoms with E-state index in [2.05, 4.69) is 0 Å². The Morgan fingerprint density at radius 3 is 2.35 bits per heavy atom. The van der Waals surface area contributed by atoms with Crippen LogP contribution in [-0.2, 0) is 24.0 Å². The third kappa shape index (κ3) is 3.37. The summed E-state index contributed by atoms with van der Waals surface area (Å²) in [6, 6.07) is 0. The fourth-order valence-electron chi connectivity index (χ4n) is 1.55. The predicted octanol–water partition coefficient (Wildman–Crippen LogP) is 0.455. The first-order chi connectivity index (χ1) is 7.95. The summed E-state index contributed by atoms with van der Waals surface area (Å²) in [6.45, 7) is 3.27. The number of aldehydes is 1. The number of rotatable bonds is 5. The minimum atomic E-state index is -0.665. The van der Waals surface area contributed by atoms with Crippen molar-refractivity contribution in [2.45, 2.75) is 33.1 Å². The second-order valence-electron chi connectivity index (χ2n) is 4.24. The number of imide groups is 1. The van der Waals surface area contributed by atoms with E-state index in [9.17, 15) is 19.2 Å². The number of nitrogens with zero attached hydrogens (tertiary/aromatic N) is 1. The molecule has 0 spiro atoms. The van der Waals surface area contributed by atoms with Crippen molar-refractivity contribution in [3.63, 3.8) is 0 Å². The molecule has 1 aliphatic rings. The van der Waals surface area contributed by atoms with Crippen LogP contribution in [0.5, 0.6) is 0 Å². The van der Waals surface area contributed by atoms with Crippen LogP contribution in [0.25, 0.3) is 0 Å². The van der Waals surface area contributed by atoms with E-state index in [1.165, 1.54) is 0 Å². The van der Waals surface area contributed by atoms with Crippen LogP contribution in [0.2, 0.25) is 0 Å². The summed E-state index contributed by atoms with van der Waals surface area (Å²) < 4.78 is 0. The average Bonchev–Trinajstić information content (AvgIpc) is 2.60. The zero-order valence-electron chi connectivity index (χ0n) is 9.84. The van der Waals surface area contributed by atoms with Crippen LogP contribution in [0.4, 0.5) is 0 Å². The third-order valence-corrected chi connectivity index (χ3v) is 2.55. The zero-order valence-corrected chi connectivity index (χ0v) is 9.84. The molecule has 1 saturated heterocycles. The van der Waals surface area contributed by atoms with E-state index in [1.54, 1.807) is 13.8 Å². The summed E-state index contributed by atoms with van der Waals surface area (Å²) in [4.78, 5) is 49.1. The van der Waals surface area contributed by atoms with Crippen LogP contribution in [-0.4, -0.2) is 29.1 Å². The second kappa shape index (κ2) is 5.56. The van der Waals surface area contributed by atoms with Gasteiger partial charge in [-0.1, -0.05) is 13.8 Å². The van der Waals surface area contributed by atoms with E-state index in [4.69, 9.17) is 4.84 Å². The number of amides is 2. The second-order valence-corrected chi connectivity index (χ2v) is 4.24. The summed E-state index contributed by atoms with van der Waals surface area (Å²) >= 11 is 0. The monoisotopic (exact) mass is 241 g/mol. The van der Waals surface area contributed by atoms with E-state index < -0.39 is 23.7 Å². The zero-order chi connectivity index (χ0) is 13.0. The van der Waals surface area contributed by atoms with Crippen LogP contribution >= 0.6 is 0 Å². The van der Waals surface area contributed by atoms with Crippen molar-refractivity contribution in [2.75, 3.05) is 0 Å². The van der Waals surface area contributed by atoms with Gasteiger partial charge in [-0.3, -0.25) is 9.59 Å². The average molecular weight is 241 g/mol. The Bertz CT molecular complexity index is 336. The van der Waals surface area contributed by atoms with Gasteiger partial charge in [-0.05, 0) is 6.42 Å². The van der Waals surface area contributed by atoms with Gasteiger partial charge in [-0.2, -0.15) is 0 Å². The molecular weight excluding hydrogens is 226 g/mol. The van der Waals surface area contributed by atoms with Gasteiger partial charge in [-0.25, -0.2) is 4.79 Å². The molecule has 1 aliphatic heterocycles. The molecule has 0 aliphatic carbocycles. The molecule has 1 rings (SSSR count). The van der Waals surface area contributed by atoms with Crippen LogP contribution in [0.1, 0.15) is 33.1 Å². The molecule has 6 nitrogen and oxygen atoms in total. The molecule has 6 heteroatoms. The first-order valence-corrected chi connectivity index (χ1v) is 5.48. The lowest BCUT2D eigenvalue weighted by molar-refractivity contribution is -0.200. The van der Waals surface area contributed by atoms with E-state index in [0.29, 0.717) is 11.5 Å². The van der Waals surface area contributed by atoms with Crippen molar-refractivity contribution >= 4 is 24.1 Å². The minimum Gasteiger partial charge on any atom is -0.330 e. The molecule has 0 saturated carbocycles. The van der Waals surface area contributed by atoms with Crippen LogP contribution < -0.4 is 0 Å². The lowest BCUT2D eigenvalue weighted by Gasteiger charge is -2.16. The van der Waals surface area contributed by atoms with E-state index >= 15 is 0 Å². The van der Waals surface area contributed by atoms with Crippen molar-refractivity contribution in [3.8, 4) is 0 Å². The number of hydrogen-bond donors (Lipinski definition) is 0. The lowest BCUT2D eigenvalue weighted by atomic mass is 9.99. The van der Waals surface area contributed by atoms with Crippen LogP contribution in [0.15, 0.2) is 0 Å². The molecule has 0 radical (unpaired) electrons. The molecule has 2 atom stereocenters. The molecule has 0 aromatic heterocycles. The number of carbonyl (C=O) groups is 4. The van der Waals surface area contributed by atoms with Crippen molar-refractivity contribution in [2.24, 2.45) is 11.8 Å². The molecule has 0 bridgehead atoms. The van der Waals surface area contributed by atoms with Crippen molar-refractivity contribution in [1.82, 2.24) is 5.06 Å². The predicted molar refractivity (Wildman–Crippen MR) is 56.2 cm³/mol. The number of carbonyl (C=O) groups excluding carboxylic acids is 4. The molecule has 1 heterocycles. The van der Waals surface area contributed by atoms with Gasteiger partial charge in [0.25, 0.3) is 11.8 Å². The van der Waals surface area contributed by atoms with Gasteiger partial charge in [0, 0.05) is 18.8 Å². The Labute approximate surface area is 98.9 Å². The third-order valence-electron chi connectivity index (χ3n) is 2.55. The Balaban J connectivity index is 2.51. The van der Waals surface area contributed by atoms with E-state index in [-0.39, 0.29) is 18.8 Å². The van der Waals surface area contributed by atoms with Gasteiger partial charge < -0.3 is 9.63 Å². The summed E-state index contributed by atoms with van der Waals surface area (Å²) in [5.41, 5.74) is 0. The van der Waals surface area contributed by atoms with E-state index in [1.807, 2.05) is 0 Å². The molecule has 0 aromatic carbocycles. The Morgan fingerprint density at radius 1 is 1.35 bits per heavy atom. The van der Waals surface area contributed by atoms with Crippen molar-refractivity contribution < 1.29 is 24.0 Å². The highest BCUT2D eigenvalue weighted by Gasteiger charge is 2.34. The maximum Gasteiger partial charge on any atom is 0.335 e. The normalized spacial score (nSPS) is 19.1. The van der Waals surface area contributed by atoms with Gasteiger partial charge in [-0.15, -0.1) is 5.06 Å². The van der Waals surface area contributed by atoms with Crippen molar-refractivity contribution in [3.05, 3.63) is 0 Å². The van der Waals surface area contributed by atoms with Gasteiger partial charge in [0.05, 0.1) is 5.92 Å². The summed E-state index contributed by atoms with van der Waals surface area (Å²) in [7, 11) is 0. The summed E-state index contributed by atoms with van der Waals surface area (Å²) in [5.74, 6) is -2.46. The summed E-state index contributed by atoms with van der Waals surface area (Å²) in [5, 5.41) is 0.518. The maximum absolute atomic E-state index is 11.6. The fraction of sp³-hybridized carbons (Fsp3) is 0.636. The molecule has 0 N–H and O–H groups in total. The molecule has 2 amide bonds. The molecule has 94 valence electrons. The van der Waals surface area contributed by atoms with Crippen molar-refractivity contribution in [1.29, 1.82) is 0 Å². The molecule has 0 aromatic rings. The van der Waals surface area contributed by atoms with E-state index in [0.717, 1.165) is 6.29 Å². The first-order valence-electron chi connectivity index (χ1n) is 5.48.